The standard InChI is InChI=1S/C24H30ClN3O2S2/c1-5-27(6-2)14-15-28(24-26-23-17(3)20(25)11-12-21(23)32-24)22(29)13-16-31-19-9-7-18(30-4)8-10-19/h7-12H,5-6,13-16H2,1-4H3. The first-order valence-corrected chi connectivity index (χ1v) is 13.0. The van der Waals surface area contributed by atoms with Gasteiger partial charge in [-0.25, -0.2) is 4.98 Å². The number of aryl methyl sites for hydroxylation is 1. The Morgan fingerprint density at radius 2 is 1.84 bits per heavy atom. The van der Waals surface area contributed by atoms with E-state index >= 15 is 0 Å². The summed E-state index contributed by atoms with van der Waals surface area (Å²) >= 11 is 9.52. The van der Waals surface area contributed by atoms with E-state index in [-0.39, 0.29) is 5.91 Å². The molecule has 32 heavy (non-hydrogen) atoms. The Morgan fingerprint density at radius 3 is 2.50 bits per heavy atom. The average molecular weight is 492 g/mol. The Balaban J connectivity index is 1.74. The monoisotopic (exact) mass is 491 g/mol. The number of carbonyl (C=O) groups excluding carboxylic acids is 1. The first-order chi connectivity index (χ1) is 15.5. The van der Waals surface area contributed by atoms with Gasteiger partial charge >= 0.3 is 0 Å². The van der Waals surface area contributed by atoms with Crippen LogP contribution < -0.4 is 9.64 Å². The van der Waals surface area contributed by atoms with Crippen molar-refractivity contribution in [2.24, 2.45) is 0 Å². The molecule has 0 aliphatic rings. The Kier molecular flexibility index (Phi) is 9.22. The van der Waals surface area contributed by atoms with Crippen LogP contribution in [0, 0.1) is 6.92 Å². The van der Waals surface area contributed by atoms with Gasteiger partial charge in [0.2, 0.25) is 5.91 Å². The molecule has 0 saturated carbocycles. The first-order valence-electron chi connectivity index (χ1n) is 10.8. The normalized spacial score (nSPS) is 11.3. The number of ether oxygens (including phenoxy) is 1. The zero-order valence-corrected chi connectivity index (χ0v) is 21.4. The average Bonchev–Trinajstić information content (AvgIpc) is 3.24. The van der Waals surface area contributed by atoms with E-state index in [0.29, 0.717) is 23.7 Å². The Hall–Kier alpha value is -1.80. The number of hydrogen-bond acceptors (Lipinski definition) is 6. The summed E-state index contributed by atoms with van der Waals surface area (Å²) < 4.78 is 6.26. The number of hydrogen-bond donors (Lipinski definition) is 0. The van der Waals surface area contributed by atoms with Gasteiger partial charge in [-0.2, -0.15) is 0 Å². The topological polar surface area (TPSA) is 45.7 Å². The van der Waals surface area contributed by atoms with Crippen molar-refractivity contribution < 1.29 is 9.53 Å². The van der Waals surface area contributed by atoms with Crippen molar-refractivity contribution in [3.8, 4) is 5.75 Å². The van der Waals surface area contributed by atoms with Crippen molar-refractivity contribution in [3.05, 3.63) is 47.0 Å². The molecular formula is C24H30ClN3O2S2. The number of fused-ring (bicyclic) bond motifs is 1. The highest BCUT2D eigenvalue weighted by atomic mass is 35.5. The molecule has 0 radical (unpaired) electrons. The van der Waals surface area contributed by atoms with Crippen molar-refractivity contribution in [1.82, 2.24) is 9.88 Å². The second-order valence-corrected chi connectivity index (χ2v) is 9.95. The summed E-state index contributed by atoms with van der Waals surface area (Å²) in [4.78, 5) is 23.4. The van der Waals surface area contributed by atoms with Gasteiger partial charge in [-0.05, 0) is 62.0 Å². The third-order valence-corrected chi connectivity index (χ3v) is 7.91. The Bertz CT molecular complexity index is 1040. The molecular weight excluding hydrogens is 462 g/mol. The Labute approximate surface area is 203 Å². The van der Waals surface area contributed by atoms with Crippen LogP contribution in [-0.4, -0.2) is 54.8 Å². The molecule has 5 nitrogen and oxygen atoms in total. The molecule has 8 heteroatoms. The molecule has 0 unspecified atom stereocenters. The zero-order chi connectivity index (χ0) is 23.1. The van der Waals surface area contributed by atoms with Crippen molar-refractivity contribution >= 4 is 56.0 Å². The van der Waals surface area contributed by atoms with Gasteiger partial charge in [0.1, 0.15) is 5.75 Å². The maximum atomic E-state index is 13.3. The maximum absolute atomic E-state index is 13.3. The molecule has 3 rings (SSSR count). The van der Waals surface area contributed by atoms with Crippen molar-refractivity contribution in [1.29, 1.82) is 0 Å². The van der Waals surface area contributed by atoms with Gasteiger partial charge in [-0.15, -0.1) is 11.8 Å². The number of nitrogens with zero attached hydrogens (tertiary/aromatic N) is 3. The number of rotatable bonds is 11. The Morgan fingerprint density at radius 1 is 1.12 bits per heavy atom. The highest BCUT2D eigenvalue weighted by Gasteiger charge is 2.21. The van der Waals surface area contributed by atoms with Crippen LogP contribution in [0.2, 0.25) is 5.02 Å². The van der Waals surface area contributed by atoms with Crippen LogP contribution in [0.5, 0.6) is 5.75 Å². The smallest absolute Gasteiger partial charge is 0.229 e. The molecule has 0 bridgehead atoms. The summed E-state index contributed by atoms with van der Waals surface area (Å²) in [7, 11) is 1.66. The number of amides is 1. The minimum Gasteiger partial charge on any atom is -0.497 e. The molecule has 0 saturated heterocycles. The second kappa shape index (κ2) is 11.9. The van der Waals surface area contributed by atoms with Crippen LogP contribution in [0.3, 0.4) is 0 Å². The van der Waals surface area contributed by atoms with Crippen molar-refractivity contribution in [2.75, 3.05) is 43.9 Å². The first kappa shape index (κ1) is 24.8. The van der Waals surface area contributed by atoms with E-state index < -0.39 is 0 Å². The molecule has 2 aromatic carbocycles. The number of likely N-dealkylation sites (N-methyl/N-ethyl adjacent to an activating group) is 1. The zero-order valence-electron chi connectivity index (χ0n) is 19.1. The predicted octanol–water partition coefficient (Wildman–Crippen LogP) is 6.12. The number of anilines is 1. The van der Waals surface area contributed by atoms with E-state index in [9.17, 15) is 4.79 Å². The van der Waals surface area contributed by atoms with Gasteiger partial charge < -0.3 is 9.64 Å². The van der Waals surface area contributed by atoms with E-state index in [1.54, 1.807) is 30.2 Å². The van der Waals surface area contributed by atoms with E-state index in [2.05, 4.69) is 18.7 Å². The number of methoxy groups -OCH3 is 1. The van der Waals surface area contributed by atoms with Gasteiger partial charge in [0.25, 0.3) is 0 Å². The summed E-state index contributed by atoms with van der Waals surface area (Å²) in [5.41, 5.74) is 1.84. The molecule has 1 amide bonds. The summed E-state index contributed by atoms with van der Waals surface area (Å²) in [6.45, 7) is 9.62. The third-order valence-electron chi connectivity index (χ3n) is 5.45. The second-order valence-electron chi connectivity index (χ2n) is 7.36. The number of halogens is 1. The number of thiazole rings is 1. The summed E-state index contributed by atoms with van der Waals surface area (Å²) in [5.74, 6) is 1.64. The van der Waals surface area contributed by atoms with Gasteiger partial charge in [0, 0.05) is 35.2 Å². The van der Waals surface area contributed by atoms with Crippen molar-refractivity contribution in [2.45, 2.75) is 32.1 Å². The van der Waals surface area contributed by atoms with Crippen LogP contribution >= 0.6 is 34.7 Å². The highest BCUT2D eigenvalue weighted by Crippen LogP contribution is 2.34. The molecule has 3 aromatic rings. The lowest BCUT2D eigenvalue weighted by Gasteiger charge is -2.24. The number of carbonyl (C=O) groups is 1. The van der Waals surface area contributed by atoms with Crippen molar-refractivity contribution in [3.63, 3.8) is 0 Å². The maximum Gasteiger partial charge on any atom is 0.229 e. The quantitative estimate of drug-likeness (QED) is 0.302. The van der Waals surface area contributed by atoms with E-state index in [0.717, 1.165) is 51.2 Å². The van der Waals surface area contributed by atoms with Crippen LogP contribution in [0.1, 0.15) is 25.8 Å². The highest BCUT2D eigenvalue weighted by molar-refractivity contribution is 7.99. The minimum atomic E-state index is 0.0981. The summed E-state index contributed by atoms with van der Waals surface area (Å²) in [6, 6.07) is 11.8. The van der Waals surface area contributed by atoms with Crippen LogP contribution in [-0.2, 0) is 4.79 Å². The molecule has 172 valence electrons. The lowest BCUT2D eigenvalue weighted by Crippen LogP contribution is -2.39. The van der Waals surface area contributed by atoms with Crippen LogP contribution in [0.4, 0.5) is 5.13 Å². The molecule has 0 atom stereocenters. The SMILES string of the molecule is CCN(CC)CCN(C(=O)CCSc1ccc(OC)cc1)c1nc2c(C)c(Cl)ccc2s1. The van der Waals surface area contributed by atoms with Gasteiger partial charge in [0.05, 0.1) is 17.3 Å². The predicted molar refractivity (Wildman–Crippen MR) is 138 cm³/mol. The van der Waals surface area contributed by atoms with Gasteiger partial charge in [-0.1, -0.05) is 36.8 Å². The third kappa shape index (κ3) is 6.16. The largest absolute Gasteiger partial charge is 0.497 e. The summed E-state index contributed by atoms with van der Waals surface area (Å²) in [6.07, 6.45) is 0.449. The van der Waals surface area contributed by atoms with Gasteiger partial charge in [-0.3, -0.25) is 9.69 Å². The molecule has 0 aliphatic carbocycles. The van der Waals surface area contributed by atoms with E-state index in [1.165, 1.54) is 0 Å². The fraction of sp³-hybridized carbons (Fsp3) is 0.417. The molecule has 1 heterocycles. The molecule has 0 aliphatic heterocycles. The van der Waals surface area contributed by atoms with Gasteiger partial charge in [0.15, 0.2) is 5.13 Å². The number of thioether (sulfide) groups is 1. The fourth-order valence-corrected chi connectivity index (χ4v) is 5.44. The number of aromatic nitrogens is 1. The van der Waals surface area contributed by atoms with E-state index in [1.807, 2.05) is 48.2 Å². The molecule has 0 fully saturated rings. The minimum absolute atomic E-state index is 0.0981. The fourth-order valence-electron chi connectivity index (χ4n) is 3.38. The van der Waals surface area contributed by atoms with E-state index in [4.69, 9.17) is 21.3 Å². The summed E-state index contributed by atoms with van der Waals surface area (Å²) in [5, 5.41) is 1.45. The molecule has 1 aromatic heterocycles. The molecule has 0 spiro atoms. The van der Waals surface area contributed by atoms with Crippen LogP contribution in [0.25, 0.3) is 10.2 Å². The molecule has 0 N–H and O–H groups in total. The van der Waals surface area contributed by atoms with Crippen LogP contribution in [0.15, 0.2) is 41.3 Å². The lowest BCUT2D eigenvalue weighted by molar-refractivity contribution is -0.118. The number of benzene rings is 2. The lowest BCUT2D eigenvalue weighted by atomic mass is 10.2.